The van der Waals surface area contributed by atoms with Crippen molar-refractivity contribution in [2.24, 2.45) is 0 Å². The first-order chi connectivity index (χ1) is 7.59. The molecule has 2 rings (SSSR count). The average Bonchev–Trinajstić information content (AvgIpc) is 2.75. The Morgan fingerprint density at radius 2 is 1.88 bits per heavy atom. The van der Waals surface area contributed by atoms with Crippen LogP contribution in [-0.2, 0) is 10.0 Å². The van der Waals surface area contributed by atoms with Crippen LogP contribution in [0.15, 0.2) is 46.0 Å². The van der Waals surface area contributed by atoms with Crippen LogP contribution in [0, 0.1) is 0 Å². The van der Waals surface area contributed by atoms with Crippen molar-refractivity contribution >= 4 is 38.6 Å². The summed E-state index contributed by atoms with van der Waals surface area (Å²) in [5, 5.41) is 2.09. The quantitative estimate of drug-likeness (QED) is 0.933. The Bertz CT molecular complexity index is 579. The molecule has 2 aromatic rings. The largest absolute Gasteiger partial charge is 0.277 e. The first-order valence-electron chi connectivity index (χ1n) is 4.40. The maximum atomic E-state index is 11.9. The van der Waals surface area contributed by atoms with Gasteiger partial charge in [0.05, 0.1) is 10.7 Å². The van der Waals surface area contributed by atoms with E-state index in [1.807, 2.05) is 0 Å². The van der Waals surface area contributed by atoms with Crippen molar-refractivity contribution in [1.82, 2.24) is 0 Å². The van der Waals surface area contributed by atoms with Gasteiger partial charge in [-0.1, -0.05) is 29.8 Å². The van der Waals surface area contributed by atoms with Gasteiger partial charge >= 0.3 is 0 Å². The minimum atomic E-state index is -3.51. The van der Waals surface area contributed by atoms with E-state index in [1.54, 1.807) is 41.8 Å². The number of nitrogens with one attached hydrogen (secondary N) is 1. The van der Waals surface area contributed by atoms with E-state index in [0.29, 0.717) is 10.7 Å². The van der Waals surface area contributed by atoms with Gasteiger partial charge in [0.1, 0.15) is 4.21 Å². The Morgan fingerprint density at radius 1 is 1.12 bits per heavy atom. The summed E-state index contributed by atoms with van der Waals surface area (Å²) in [4.78, 5) is 0. The van der Waals surface area contributed by atoms with Crippen molar-refractivity contribution in [2.45, 2.75) is 4.21 Å². The summed E-state index contributed by atoms with van der Waals surface area (Å²) < 4.78 is 26.4. The molecular formula is C10H8ClNO2S2. The average molecular weight is 274 g/mol. The zero-order chi connectivity index (χ0) is 11.6. The molecule has 1 heterocycles. The van der Waals surface area contributed by atoms with Gasteiger partial charge in [0.25, 0.3) is 10.0 Å². The minimum Gasteiger partial charge on any atom is -0.277 e. The lowest BCUT2D eigenvalue weighted by atomic mass is 10.3. The van der Waals surface area contributed by atoms with Crippen molar-refractivity contribution in [3.63, 3.8) is 0 Å². The lowest BCUT2D eigenvalue weighted by molar-refractivity contribution is 0.603. The molecule has 0 amide bonds. The van der Waals surface area contributed by atoms with Crippen molar-refractivity contribution in [3.8, 4) is 0 Å². The van der Waals surface area contributed by atoms with E-state index in [9.17, 15) is 8.42 Å². The molecule has 0 unspecified atom stereocenters. The summed E-state index contributed by atoms with van der Waals surface area (Å²) in [5.74, 6) is 0. The number of hydrogen-bond acceptors (Lipinski definition) is 3. The summed E-state index contributed by atoms with van der Waals surface area (Å²) in [6.07, 6.45) is 0. The molecule has 6 heteroatoms. The topological polar surface area (TPSA) is 46.2 Å². The Morgan fingerprint density at radius 3 is 2.50 bits per heavy atom. The molecule has 0 spiro atoms. The normalized spacial score (nSPS) is 11.3. The van der Waals surface area contributed by atoms with E-state index < -0.39 is 10.0 Å². The third kappa shape index (κ3) is 2.37. The van der Waals surface area contributed by atoms with E-state index in [-0.39, 0.29) is 4.21 Å². The zero-order valence-corrected chi connectivity index (χ0v) is 10.4. The molecule has 0 aliphatic rings. The molecule has 3 nitrogen and oxygen atoms in total. The second-order valence-corrected chi connectivity index (χ2v) is 6.28. The molecule has 1 N–H and O–H groups in total. The van der Waals surface area contributed by atoms with Gasteiger partial charge in [0.2, 0.25) is 0 Å². The summed E-state index contributed by atoms with van der Waals surface area (Å²) in [5.41, 5.74) is 0.387. The predicted molar refractivity (Wildman–Crippen MR) is 66.6 cm³/mol. The number of halogens is 1. The lowest BCUT2D eigenvalue weighted by Crippen LogP contribution is -2.11. The predicted octanol–water partition coefficient (Wildman–Crippen LogP) is 3.20. The number of benzene rings is 1. The van der Waals surface area contributed by atoms with Gasteiger partial charge in [-0.15, -0.1) is 11.3 Å². The molecule has 0 bridgehead atoms. The van der Waals surface area contributed by atoms with Crippen LogP contribution >= 0.6 is 22.9 Å². The van der Waals surface area contributed by atoms with Crippen LogP contribution in [0.4, 0.5) is 5.69 Å². The highest BCUT2D eigenvalue weighted by Crippen LogP contribution is 2.25. The first-order valence-corrected chi connectivity index (χ1v) is 7.14. The second kappa shape index (κ2) is 4.45. The van der Waals surface area contributed by atoms with Crippen LogP contribution in [0.1, 0.15) is 0 Å². The van der Waals surface area contributed by atoms with Crippen molar-refractivity contribution in [1.29, 1.82) is 0 Å². The molecule has 0 fully saturated rings. The van der Waals surface area contributed by atoms with Crippen LogP contribution in [0.3, 0.4) is 0 Å². The number of rotatable bonds is 3. The molecule has 84 valence electrons. The van der Waals surface area contributed by atoms with Gasteiger partial charge in [0.15, 0.2) is 0 Å². The summed E-state index contributed by atoms with van der Waals surface area (Å²) >= 11 is 7.03. The molecule has 0 atom stereocenters. The highest BCUT2D eigenvalue weighted by molar-refractivity contribution is 7.94. The molecule has 0 saturated carbocycles. The molecule has 0 aliphatic heterocycles. The highest BCUT2D eigenvalue weighted by atomic mass is 35.5. The van der Waals surface area contributed by atoms with Crippen molar-refractivity contribution in [2.75, 3.05) is 4.72 Å². The number of hydrogen-bond donors (Lipinski definition) is 1. The second-order valence-electron chi connectivity index (χ2n) is 3.02. The SMILES string of the molecule is O=S(=O)(Nc1ccccc1Cl)c1cccs1. The van der Waals surface area contributed by atoms with E-state index >= 15 is 0 Å². The smallest absolute Gasteiger partial charge is 0.271 e. The van der Waals surface area contributed by atoms with Crippen molar-refractivity contribution in [3.05, 3.63) is 46.8 Å². The van der Waals surface area contributed by atoms with E-state index in [1.165, 1.54) is 0 Å². The van der Waals surface area contributed by atoms with E-state index in [4.69, 9.17) is 11.6 Å². The lowest BCUT2D eigenvalue weighted by Gasteiger charge is -2.07. The first kappa shape index (κ1) is 11.4. The van der Waals surface area contributed by atoms with E-state index in [0.717, 1.165) is 11.3 Å². The summed E-state index contributed by atoms with van der Waals surface area (Å²) in [6, 6.07) is 9.94. The van der Waals surface area contributed by atoms with Crippen LogP contribution in [0.5, 0.6) is 0 Å². The Labute approximate surface area is 103 Å². The molecular weight excluding hydrogens is 266 g/mol. The molecule has 0 aliphatic carbocycles. The fourth-order valence-corrected chi connectivity index (χ4v) is 3.47. The Kier molecular flexibility index (Phi) is 3.18. The number of thiophene rings is 1. The van der Waals surface area contributed by atoms with Crippen LogP contribution in [0.2, 0.25) is 5.02 Å². The Balaban J connectivity index is 2.33. The fourth-order valence-electron chi connectivity index (χ4n) is 1.16. The molecule has 0 radical (unpaired) electrons. The van der Waals surface area contributed by atoms with Gasteiger partial charge in [-0.05, 0) is 23.6 Å². The minimum absolute atomic E-state index is 0.271. The standard InChI is InChI=1S/C10H8ClNO2S2/c11-8-4-1-2-5-9(8)12-16(13,14)10-6-3-7-15-10/h1-7,12H. The van der Waals surface area contributed by atoms with Crippen LogP contribution in [0.25, 0.3) is 0 Å². The maximum absolute atomic E-state index is 11.9. The number of para-hydroxylation sites is 1. The third-order valence-electron chi connectivity index (χ3n) is 1.88. The fraction of sp³-hybridized carbons (Fsp3) is 0. The van der Waals surface area contributed by atoms with Gasteiger partial charge in [-0.25, -0.2) is 8.42 Å². The van der Waals surface area contributed by atoms with Crippen molar-refractivity contribution < 1.29 is 8.42 Å². The van der Waals surface area contributed by atoms with Gasteiger partial charge in [0, 0.05) is 0 Å². The molecule has 1 aromatic heterocycles. The molecule has 1 aromatic carbocycles. The summed E-state index contributed by atoms with van der Waals surface area (Å²) in [6.45, 7) is 0. The van der Waals surface area contributed by atoms with Gasteiger partial charge in [-0.3, -0.25) is 4.72 Å². The molecule has 0 saturated heterocycles. The molecule has 16 heavy (non-hydrogen) atoms. The highest BCUT2D eigenvalue weighted by Gasteiger charge is 2.15. The maximum Gasteiger partial charge on any atom is 0.271 e. The third-order valence-corrected chi connectivity index (χ3v) is 4.97. The monoisotopic (exact) mass is 273 g/mol. The number of anilines is 1. The summed E-state index contributed by atoms with van der Waals surface area (Å²) in [7, 11) is -3.51. The number of sulfonamides is 1. The Hall–Kier alpha value is -1.04. The van der Waals surface area contributed by atoms with Gasteiger partial charge in [-0.2, -0.15) is 0 Å². The van der Waals surface area contributed by atoms with Crippen LogP contribution in [-0.4, -0.2) is 8.42 Å². The van der Waals surface area contributed by atoms with Gasteiger partial charge < -0.3 is 0 Å². The zero-order valence-electron chi connectivity index (χ0n) is 8.05. The van der Waals surface area contributed by atoms with E-state index in [2.05, 4.69) is 4.72 Å². The van der Waals surface area contributed by atoms with Crippen LogP contribution < -0.4 is 4.72 Å².